The molecule has 1 aliphatic rings. The summed E-state index contributed by atoms with van der Waals surface area (Å²) < 4.78 is 31.4. The minimum atomic E-state index is -3.20. The Labute approximate surface area is 228 Å². The maximum Gasteiger partial charge on any atom is 0.181 e. The fourth-order valence-corrected chi connectivity index (χ4v) is 6.80. The molecule has 1 aliphatic carbocycles. The molecule has 4 N–H and O–H groups in total. The Kier molecular flexibility index (Phi) is 13.0. The average molecular weight is 546 g/mol. The molecule has 0 amide bonds. The van der Waals surface area contributed by atoms with Gasteiger partial charge >= 0.3 is 0 Å². The summed E-state index contributed by atoms with van der Waals surface area (Å²) in [7, 11) is -3.20. The SMILES string of the molecule is O=S(=O)(c1cccc(CCCCOCCCCC[C]NC(CO)c2ccc(O)c(CO)c2)c1)C1CCCC1. The van der Waals surface area contributed by atoms with Gasteiger partial charge in [-0.3, -0.25) is 5.32 Å². The molecule has 0 saturated heterocycles. The molecule has 2 radical (unpaired) electrons. The number of aromatic hydroxyl groups is 1. The number of rotatable bonds is 18. The van der Waals surface area contributed by atoms with Crippen molar-refractivity contribution >= 4 is 9.84 Å². The summed E-state index contributed by atoms with van der Waals surface area (Å²) in [6.07, 6.45) is 10.1. The van der Waals surface area contributed by atoms with Gasteiger partial charge in [0.05, 0.1) is 35.9 Å². The summed E-state index contributed by atoms with van der Waals surface area (Å²) in [4.78, 5) is 0.478. The molecule has 0 heterocycles. The molecule has 210 valence electrons. The number of benzene rings is 2. The van der Waals surface area contributed by atoms with E-state index in [9.17, 15) is 23.7 Å². The second-order valence-electron chi connectivity index (χ2n) is 10.1. The predicted molar refractivity (Wildman–Crippen MR) is 148 cm³/mol. The smallest absolute Gasteiger partial charge is 0.181 e. The molecule has 0 aliphatic heterocycles. The summed E-state index contributed by atoms with van der Waals surface area (Å²) in [6, 6.07) is 12.1. The first-order valence-electron chi connectivity index (χ1n) is 13.9. The first kappa shape index (κ1) is 30.6. The summed E-state index contributed by atoms with van der Waals surface area (Å²) in [6.45, 7) is 4.20. The lowest BCUT2D eigenvalue weighted by atomic mass is 10.0. The van der Waals surface area contributed by atoms with Crippen molar-refractivity contribution in [1.82, 2.24) is 5.32 Å². The summed E-state index contributed by atoms with van der Waals surface area (Å²) in [5, 5.41) is 31.5. The Morgan fingerprint density at radius 2 is 1.74 bits per heavy atom. The van der Waals surface area contributed by atoms with Crippen LogP contribution in [0.25, 0.3) is 0 Å². The van der Waals surface area contributed by atoms with E-state index >= 15 is 0 Å². The highest BCUT2D eigenvalue weighted by molar-refractivity contribution is 7.92. The van der Waals surface area contributed by atoms with E-state index in [0.29, 0.717) is 17.1 Å². The van der Waals surface area contributed by atoms with Crippen LogP contribution in [0.15, 0.2) is 47.4 Å². The first-order chi connectivity index (χ1) is 18.5. The molecule has 1 unspecified atom stereocenters. The largest absolute Gasteiger partial charge is 0.508 e. The number of hydrogen-bond donors (Lipinski definition) is 4. The molecule has 0 aromatic heterocycles. The zero-order chi connectivity index (χ0) is 27.2. The highest BCUT2D eigenvalue weighted by Gasteiger charge is 2.30. The van der Waals surface area contributed by atoms with Crippen LogP contribution < -0.4 is 5.32 Å². The molecule has 38 heavy (non-hydrogen) atoms. The summed E-state index contributed by atoms with van der Waals surface area (Å²) in [5.41, 5.74) is 2.30. The second-order valence-corrected chi connectivity index (χ2v) is 12.3. The van der Waals surface area contributed by atoms with Gasteiger partial charge in [-0.25, -0.2) is 8.42 Å². The van der Waals surface area contributed by atoms with Crippen molar-refractivity contribution in [3.63, 3.8) is 0 Å². The van der Waals surface area contributed by atoms with E-state index < -0.39 is 9.84 Å². The minimum absolute atomic E-state index is 0.0419. The van der Waals surface area contributed by atoms with Gasteiger partial charge in [-0.15, -0.1) is 0 Å². The van der Waals surface area contributed by atoms with Gasteiger partial charge in [0.1, 0.15) is 5.75 Å². The van der Waals surface area contributed by atoms with E-state index in [1.165, 1.54) is 6.07 Å². The highest BCUT2D eigenvalue weighted by atomic mass is 32.2. The van der Waals surface area contributed by atoms with E-state index in [-0.39, 0.29) is 30.3 Å². The maximum absolute atomic E-state index is 12.8. The molecule has 0 spiro atoms. The third kappa shape index (κ3) is 9.35. The lowest BCUT2D eigenvalue weighted by Gasteiger charge is -2.17. The number of aryl methyl sites for hydroxylation is 1. The van der Waals surface area contributed by atoms with Crippen LogP contribution in [0.3, 0.4) is 0 Å². The molecule has 0 bridgehead atoms. The molecule has 1 saturated carbocycles. The van der Waals surface area contributed by atoms with Crippen molar-refractivity contribution in [2.75, 3.05) is 19.8 Å². The van der Waals surface area contributed by atoms with Gasteiger partial charge in [-0.1, -0.05) is 43.9 Å². The van der Waals surface area contributed by atoms with Crippen molar-refractivity contribution in [2.24, 2.45) is 0 Å². The van der Waals surface area contributed by atoms with Gasteiger partial charge in [-0.2, -0.15) is 0 Å². The third-order valence-corrected chi connectivity index (χ3v) is 9.46. The number of ether oxygens (including phenoxy) is 1. The number of nitrogens with one attached hydrogen (secondary N) is 1. The van der Waals surface area contributed by atoms with Gasteiger partial charge in [0, 0.05) is 18.8 Å². The average Bonchev–Trinajstić information content (AvgIpc) is 3.48. The Hall–Kier alpha value is -1.97. The van der Waals surface area contributed by atoms with Gasteiger partial charge in [0.25, 0.3) is 0 Å². The van der Waals surface area contributed by atoms with Crippen molar-refractivity contribution in [1.29, 1.82) is 0 Å². The fourth-order valence-electron chi connectivity index (χ4n) is 4.88. The topological polar surface area (TPSA) is 116 Å². The van der Waals surface area contributed by atoms with Crippen LogP contribution in [0.1, 0.15) is 86.9 Å². The van der Waals surface area contributed by atoms with Gasteiger partial charge in [-0.05, 0) is 80.3 Å². The number of phenols is 1. The molecule has 1 atom stereocenters. The van der Waals surface area contributed by atoms with Crippen LogP contribution in [0.2, 0.25) is 0 Å². The Morgan fingerprint density at radius 1 is 0.974 bits per heavy atom. The first-order valence-corrected chi connectivity index (χ1v) is 15.4. The molecule has 8 heteroatoms. The van der Waals surface area contributed by atoms with Crippen molar-refractivity contribution in [3.05, 3.63) is 65.7 Å². The van der Waals surface area contributed by atoms with Crippen molar-refractivity contribution < 1.29 is 28.5 Å². The number of hydrogen-bond acceptors (Lipinski definition) is 7. The Morgan fingerprint density at radius 3 is 2.47 bits per heavy atom. The van der Waals surface area contributed by atoms with Crippen molar-refractivity contribution in [3.8, 4) is 5.75 Å². The maximum atomic E-state index is 12.8. The normalized spacial score (nSPS) is 15.2. The Bertz CT molecular complexity index is 1070. The highest BCUT2D eigenvalue weighted by Crippen LogP contribution is 2.30. The van der Waals surface area contributed by atoms with E-state index in [4.69, 9.17) is 4.74 Å². The van der Waals surface area contributed by atoms with Crippen LogP contribution in [0.4, 0.5) is 0 Å². The molecule has 7 nitrogen and oxygen atoms in total. The number of unbranched alkanes of at least 4 members (excludes halogenated alkanes) is 4. The van der Waals surface area contributed by atoms with Crippen molar-refractivity contribution in [2.45, 2.75) is 93.4 Å². The molecular weight excluding hydrogens is 502 g/mol. The fraction of sp³-hybridized carbons (Fsp3) is 0.567. The molecular formula is C30H43NO6S. The number of aliphatic hydroxyl groups excluding tert-OH is 2. The van der Waals surface area contributed by atoms with E-state index in [2.05, 4.69) is 11.9 Å². The minimum Gasteiger partial charge on any atom is -0.508 e. The zero-order valence-electron chi connectivity index (χ0n) is 22.3. The molecule has 3 rings (SSSR count). The Balaban J connectivity index is 1.21. The van der Waals surface area contributed by atoms with Gasteiger partial charge in [0.2, 0.25) is 0 Å². The predicted octanol–water partition coefficient (Wildman–Crippen LogP) is 4.86. The monoisotopic (exact) mass is 545 g/mol. The van der Waals surface area contributed by atoms with E-state index in [0.717, 1.165) is 88.4 Å². The molecule has 2 aromatic rings. The summed E-state index contributed by atoms with van der Waals surface area (Å²) >= 11 is 0. The summed E-state index contributed by atoms with van der Waals surface area (Å²) in [5.74, 6) is 0.0419. The van der Waals surface area contributed by atoms with E-state index in [1.807, 2.05) is 18.2 Å². The van der Waals surface area contributed by atoms with Gasteiger partial charge < -0.3 is 20.1 Å². The lowest BCUT2D eigenvalue weighted by molar-refractivity contribution is 0.126. The standard InChI is InChI=1S/C30H43NO6S/c32-22-26-21-25(15-16-30(26)34)29(23-33)31-17-6-1-2-7-18-37-19-8-5-10-24-11-9-14-28(20-24)38(35,36)27-12-3-4-13-27/h9,11,14-16,20-21,27,29,31-34H,1-8,10,12-13,18-19,22-23H2. The van der Waals surface area contributed by atoms with E-state index in [1.54, 1.807) is 18.2 Å². The lowest BCUT2D eigenvalue weighted by Crippen LogP contribution is -2.22. The third-order valence-electron chi connectivity index (χ3n) is 7.20. The molecule has 1 fully saturated rings. The zero-order valence-corrected chi connectivity index (χ0v) is 23.1. The number of aliphatic hydroxyl groups is 2. The van der Waals surface area contributed by atoms with Crippen LogP contribution >= 0.6 is 0 Å². The number of sulfone groups is 1. The van der Waals surface area contributed by atoms with Crippen LogP contribution in [0, 0.1) is 6.54 Å². The van der Waals surface area contributed by atoms with Crippen LogP contribution in [0.5, 0.6) is 5.75 Å². The van der Waals surface area contributed by atoms with Crippen LogP contribution in [-0.4, -0.2) is 48.8 Å². The van der Waals surface area contributed by atoms with Crippen LogP contribution in [-0.2, 0) is 27.6 Å². The second kappa shape index (κ2) is 16.2. The van der Waals surface area contributed by atoms with Gasteiger partial charge in [0.15, 0.2) is 9.84 Å². The quantitative estimate of drug-likeness (QED) is 0.156. The molecule has 2 aromatic carbocycles.